The minimum Gasteiger partial charge on any atom is -0.465 e. The minimum absolute atomic E-state index is 0. The number of hydrogen-bond acceptors (Lipinski definition) is 3. The van der Waals surface area contributed by atoms with Crippen LogP contribution in [-0.2, 0) is 0 Å². The number of amides is 1. The van der Waals surface area contributed by atoms with Crippen molar-refractivity contribution >= 4 is 46.9 Å². The summed E-state index contributed by atoms with van der Waals surface area (Å²) in [5, 5.41) is 9.63. The van der Waals surface area contributed by atoms with Crippen LogP contribution >= 0.6 is 35.7 Å². The molecule has 76 valence electrons. The zero-order valence-corrected chi connectivity index (χ0v) is 10.7. The van der Waals surface area contributed by atoms with Crippen LogP contribution in [-0.4, -0.2) is 46.5 Å². The fraction of sp³-hybridized carbons (Fsp3) is 0.714. The van der Waals surface area contributed by atoms with Crippen LogP contribution in [0, 0.1) is 0 Å². The van der Waals surface area contributed by atoms with Crippen molar-refractivity contribution in [1.29, 1.82) is 0 Å². The smallest absolute Gasteiger partial charge is 0.407 e. The highest BCUT2D eigenvalue weighted by Crippen LogP contribution is 2.11. The second kappa shape index (κ2) is 5.69. The Morgan fingerprint density at radius 1 is 1.77 bits per heavy atom. The summed E-state index contributed by atoms with van der Waals surface area (Å²) in [6.45, 7) is 2.88. The molecule has 1 heterocycles. The molecule has 1 aliphatic heterocycles. The van der Waals surface area contributed by atoms with Crippen molar-refractivity contribution in [2.75, 3.05) is 19.3 Å². The monoisotopic (exact) mass is 316 g/mol. The highest BCUT2D eigenvalue weighted by atomic mass is 127. The molecule has 0 aromatic heterocycles. The van der Waals surface area contributed by atoms with Gasteiger partial charge in [0.15, 0.2) is 0 Å². The van der Waals surface area contributed by atoms with Crippen LogP contribution in [0.2, 0.25) is 0 Å². The lowest BCUT2D eigenvalue weighted by atomic mass is 10.3. The molecule has 0 saturated heterocycles. The average Bonchev–Trinajstić information content (AvgIpc) is 2.03. The van der Waals surface area contributed by atoms with Gasteiger partial charge in [-0.15, -0.1) is 35.7 Å². The van der Waals surface area contributed by atoms with E-state index < -0.39 is 6.09 Å². The molecule has 1 atom stereocenters. The molecule has 1 N–H and O–H groups in total. The van der Waals surface area contributed by atoms with E-state index >= 15 is 0 Å². The van der Waals surface area contributed by atoms with E-state index in [1.54, 1.807) is 0 Å². The van der Waals surface area contributed by atoms with E-state index in [2.05, 4.69) is 4.99 Å². The first kappa shape index (κ1) is 13.0. The van der Waals surface area contributed by atoms with Crippen molar-refractivity contribution in [3.63, 3.8) is 0 Å². The van der Waals surface area contributed by atoms with Gasteiger partial charge < -0.3 is 5.11 Å². The lowest BCUT2D eigenvalue weighted by molar-refractivity contribution is 0.148. The van der Waals surface area contributed by atoms with E-state index in [1.165, 1.54) is 16.7 Å². The number of thioether (sulfide) groups is 1. The Morgan fingerprint density at radius 3 is 2.85 bits per heavy atom. The lowest BCUT2D eigenvalue weighted by Gasteiger charge is -2.26. The van der Waals surface area contributed by atoms with Gasteiger partial charge in [0.05, 0.1) is 17.6 Å². The van der Waals surface area contributed by atoms with Gasteiger partial charge in [-0.1, -0.05) is 0 Å². The van der Waals surface area contributed by atoms with Crippen molar-refractivity contribution in [2.45, 2.75) is 13.0 Å². The molecule has 6 heteroatoms. The number of hydrogen-bond donors (Lipinski definition) is 1. The van der Waals surface area contributed by atoms with Crippen LogP contribution in [0.25, 0.3) is 0 Å². The molecule has 0 aliphatic carbocycles. The number of rotatable bonds is 0. The van der Waals surface area contributed by atoms with Crippen LogP contribution in [0.5, 0.6) is 0 Å². The van der Waals surface area contributed by atoms with Crippen LogP contribution < -0.4 is 0 Å². The normalized spacial score (nSPS) is 21.8. The first-order valence-electron chi connectivity index (χ1n) is 3.72. The van der Waals surface area contributed by atoms with Gasteiger partial charge in [-0.2, -0.15) is 0 Å². The molecule has 1 rings (SSSR count). The van der Waals surface area contributed by atoms with Gasteiger partial charge in [-0.25, -0.2) is 4.79 Å². The molecular formula is C7H13IN2O2S. The Kier molecular flexibility index (Phi) is 5.70. The predicted octanol–water partition coefficient (Wildman–Crippen LogP) is 1.75. The van der Waals surface area contributed by atoms with E-state index in [0.29, 0.717) is 13.1 Å². The topological polar surface area (TPSA) is 52.9 Å². The van der Waals surface area contributed by atoms with Crippen molar-refractivity contribution in [1.82, 2.24) is 4.90 Å². The van der Waals surface area contributed by atoms with Crippen LogP contribution in [0.3, 0.4) is 0 Å². The zero-order valence-electron chi connectivity index (χ0n) is 7.56. The van der Waals surface area contributed by atoms with E-state index in [1.807, 2.05) is 13.2 Å². The molecule has 0 fully saturated rings. The third kappa shape index (κ3) is 3.72. The van der Waals surface area contributed by atoms with Gasteiger partial charge in [0.25, 0.3) is 0 Å². The Morgan fingerprint density at radius 2 is 2.38 bits per heavy atom. The third-order valence-corrected chi connectivity index (χ3v) is 2.39. The summed E-state index contributed by atoms with van der Waals surface area (Å²) < 4.78 is 0. The summed E-state index contributed by atoms with van der Waals surface area (Å²) in [6, 6.07) is 0.0947. The first-order valence-corrected chi connectivity index (χ1v) is 4.94. The molecule has 1 aliphatic rings. The van der Waals surface area contributed by atoms with Crippen molar-refractivity contribution < 1.29 is 9.90 Å². The Balaban J connectivity index is 0.00000144. The van der Waals surface area contributed by atoms with Gasteiger partial charge in [-0.3, -0.25) is 9.89 Å². The maximum absolute atomic E-state index is 10.6. The molecular weight excluding hydrogens is 303 g/mol. The Labute approximate surface area is 98.8 Å². The molecule has 0 radical (unpaired) electrons. The van der Waals surface area contributed by atoms with E-state index in [0.717, 1.165) is 5.04 Å². The number of nitrogens with zero attached hydrogens (tertiary/aromatic N) is 2. The van der Waals surface area contributed by atoms with Crippen molar-refractivity contribution in [3.05, 3.63) is 0 Å². The number of carboxylic acid groups (broad SMARTS) is 1. The molecule has 0 spiro atoms. The maximum Gasteiger partial charge on any atom is 0.407 e. The lowest BCUT2D eigenvalue weighted by Crippen LogP contribution is -2.42. The second-order valence-corrected chi connectivity index (χ2v) is 3.62. The Bertz CT molecular complexity index is 223. The molecule has 1 amide bonds. The molecule has 0 unspecified atom stereocenters. The summed E-state index contributed by atoms with van der Waals surface area (Å²) in [6.07, 6.45) is 1.06. The summed E-state index contributed by atoms with van der Waals surface area (Å²) in [5.41, 5.74) is 0. The predicted molar refractivity (Wildman–Crippen MR) is 65.4 cm³/mol. The van der Waals surface area contributed by atoms with Gasteiger partial charge in [0.2, 0.25) is 0 Å². The maximum atomic E-state index is 10.6. The molecule has 4 nitrogen and oxygen atoms in total. The molecule has 0 bridgehead atoms. The van der Waals surface area contributed by atoms with Crippen LogP contribution in [0.4, 0.5) is 4.79 Å². The van der Waals surface area contributed by atoms with Gasteiger partial charge >= 0.3 is 6.09 Å². The van der Waals surface area contributed by atoms with Gasteiger partial charge in [0.1, 0.15) is 0 Å². The summed E-state index contributed by atoms with van der Waals surface area (Å²) >= 11 is 1.52. The fourth-order valence-electron chi connectivity index (χ4n) is 1.14. The van der Waals surface area contributed by atoms with Gasteiger partial charge in [-0.05, 0) is 13.2 Å². The van der Waals surface area contributed by atoms with Crippen molar-refractivity contribution in [2.24, 2.45) is 4.99 Å². The quantitative estimate of drug-likeness (QED) is 0.693. The largest absolute Gasteiger partial charge is 0.465 e. The highest BCUT2D eigenvalue weighted by molar-refractivity contribution is 14.0. The Hall–Kier alpha value is 0.0200. The molecule has 13 heavy (non-hydrogen) atoms. The number of aliphatic imine (C=N–C) groups is 1. The standard InChI is InChI=1S/C7H12N2O2S.HI/c1-5-3-9(7(10)11)4-6(8-5)12-2;/h5H,3-4H2,1-2H3,(H,10,11);1H/t5-;/m0./s1. The third-order valence-electron chi connectivity index (χ3n) is 1.68. The molecule has 0 saturated carbocycles. The van der Waals surface area contributed by atoms with E-state index in [9.17, 15) is 4.79 Å². The minimum atomic E-state index is -0.858. The van der Waals surface area contributed by atoms with Gasteiger partial charge in [0, 0.05) is 6.54 Å². The average molecular weight is 316 g/mol. The fourth-order valence-corrected chi connectivity index (χ4v) is 1.71. The highest BCUT2D eigenvalue weighted by Gasteiger charge is 2.21. The van der Waals surface area contributed by atoms with Crippen LogP contribution in [0.15, 0.2) is 4.99 Å². The molecule has 0 aromatic carbocycles. The van der Waals surface area contributed by atoms with Crippen LogP contribution in [0.1, 0.15) is 6.92 Å². The van der Waals surface area contributed by atoms with E-state index in [-0.39, 0.29) is 30.0 Å². The second-order valence-electron chi connectivity index (χ2n) is 2.74. The van der Waals surface area contributed by atoms with E-state index in [4.69, 9.17) is 5.11 Å². The summed E-state index contributed by atoms with van der Waals surface area (Å²) in [7, 11) is 0. The summed E-state index contributed by atoms with van der Waals surface area (Å²) in [4.78, 5) is 16.3. The molecule has 0 aromatic rings. The zero-order chi connectivity index (χ0) is 9.14. The number of halogens is 1. The first-order chi connectivity index (χ1) is 5.63. The SMILES string of the molecule is CSC1=N[C@@H](C)CN(C(=O)O)C1.I. The van der Waals surface area contributed by atoms with Crippen molar-refractivity contribution in [3.8, 4) is 0 Å². The summed E-state index contributed by atoms with van der Waals surface area (Å²) in [5.74, 6) is 0. The number of carbonyl (C=O) groups is 1.